The van der Waals surface area contributed by atoms with Crippen LogP contribution in [0, 0.1) is 0 Å². The molecule has 36 heavy (non-hydrogen) atoms. The molecular weight excluding hydrogens is 472 g/mol. The molecule has 3 heterocycles. The van der Waals surface area contributed by atoms with E-state index >= 15 is 0 Å². The Morgan fingerprint density at radius 1 is 1.03 bits per heavy atom. The van der Waals surface area contributed by atoms with Crippen LogP contribution >= 0.6 is 11.8 Å². The van der Waals surface area contributed by atoms with E-state index in [0.29, 0.717) is 31.9 Å². The number of amides is 1. The summed E-state index contributed by atoms with van der Waals surface area (Å²) in [5.41, 5.74) is 3.65. The average molecular weight is 503 g/mol. The SMILES string of the molecule is CCCSc1nc(N2CCOCC2)c2cnn(CCNC(=O)c3ccc(-c4ccccc4)cc3)c2n1. The molecule has 1 saturated heterocycles. The lowest BCUT2D eigenvalue weighted by Crippen LogP contribution is -2.37. The Morgan fingerprint density at radius 3 is 2.53 bits per heavy atom. The molecule has 0 radical (unpaired) electrons. The van der Waals surface area contributed by atoms with Crippen LogP contribution in [0.4, 0.5) is 5.82 Å². The molecule has 1 N–H and O–H groups in total. The topological polar surface area (TPSA) is 85.2 Å². The Labute approximate surface area is 215 Å². The number of thioether (sulfide) groups is 1. The average Bonchev–Trinajstić information content (AvgIpc) is 3.35. The summed E-state index contributed by atoms with van der Waals surface area (Å²) >= 11 is 1.66. The van der Waals surface area contributed by atoms with Gasteiger partial charge in [0, 0.05) is 31.0 Å². The van der Waals surface area contributed by atoms with E-state index in [9.17, 15) is 4.79 Å². The Bertz CT molecular complexity index is 1300. The van der Waals surface area contributed by atoms with E-state index in [1.807, 2.05) is 53.3 Å². The van der Waals surface area contributed by atoms with Crippen molar-refractivity contribution in [2.75, 3.05) is 43.5 Å². The largest absolute Gasteiger partial charge is 0.378 e. The lowest BCUT2D eigenvalue weighted by Gasteiger charge is -2.28. The third-order valence-corrected chi connectivity index (χ3v) is 7.12. The van der Waals surface area contributed by atoms with Gasteiger partial charge in [0.2, 0.25) is 0 Å². The minimum absolute atomic E-state index is 0.103. The molecule has 0 spiro atoms. The van der Waals surface area contributed by atoms with Crippen LogP contribution in [-0.4, -0.2) is 64.3 Å². The van der Waals surface area contributed by atoms with Crippen molar-refractivity contribution in [2.45, 2.75) is 25.0 Å². The zero-order valence-corrected chi connectivity index (χ0v) is 21.2. The summed E-state index contributed by atoms with van der Waals surface area (Å²) in [7, 11) is 0. The smallest absolute Gasteiger partial charge is 0.251 e. The van der Waals surface area contributed by atoms with E-state index in [2.05, 4.69) is 34.4 Å². The number of nitrogens with zero attached hydrogens (tertiary/aromatic N) is 5. The third-order valence-electron chi connectivity index (χ3n) is 6.06. The zero-order valence-electron chi connectivity index (χ0n) is 20.4. The molecule has 5 rings (SSSR count). The molecule has 1 fully saturated rings. The second kappa shape index (κ2) is 11.5. The van der Waals surface area contributed by atoms with Gasteiger partial charge in [0.05, 0.1) is 31.3 Å². The summed E-state index contributed by atoms with van der Waals surface area (Å²) in [5, 5.41) is 9.29. The van der Waals surface area contributed by atoms with E-state index in [1.54, 1.807) is 11.8 Å². The molecule has 0 unspecified atom stereocenters. The highest BCUT2D eigenvalue weighted by Crippen LogP contribution is 2.28. The van der Waals surface area contributed by atoms with Crippen LogP contribution in [-0.2, 0) is 11.3 Å². The molecule has 8 nitrogen and oxygen atoms in total. The first-order chi connectivity index (χ1) is 17.7. The maximum atomic E-state index is 12.7. The second-order valence-electron chi connectivity index (χ2n) is 8.58. The van der Waals surface area contributed by atoms with Gasteiger partial charge in [-0.25, -0.2) is 14.6 Å². The van der Waals surface area contributed by atoms with Crippen molar-refractivity contribution in [3.8, 4) is 11.1 Å². The van der Waals surface area contributed by atoms with Gasteiger partial charge in [0.25, 0.3) is 5.91 Å². The summed E-state index contributed by atoms with van der Waals surface area (Å²) in [4.78, 5) is 24.6. The van der Waals surface area contributed by atoms with Crippen molar-refractivity contribution >= 4 is 34.5 Å². The molecule has 1 amide bonds. The minimum atomic E-state index is -0.103. The van der Waals surface area contributed by atoms with E-state index in [4.69, 9.17) is 14.7 Å². The molecule has 9 heteroatoms. The lowest BCUT2D eigenvalue weighted by atomic mass is 10.0. The Kier molecular flexibility index (Phi) is 7.78. The van der Waals surface area contributed by atoms with Crippen molar-refractivity contribution in [1.29, 1.82) is 0 Å². The predicted molar refractivity (Wildman–Crippen MR) is 144 cm³/mol. The quantitative estimate of drug-likeness (QED) is 0.270. The fraction of sp³-hybridized carbons (Fsp3) is 0.333. The normalized spacial score (nSPS) is 13.8. The molecule has 2 aromatic carbocycles. The van der Waals surface area contributed by atoms with Gasteiger partial charge in [-0.2, -0.15) is 5.10 Å². The van der Waals surface area contributed by atoms with E-state index in [-0.39, 0.29) is 5.91 Å². The maximum Gasteiger partial charge on any atom is 0.251 e. The molecule has 0 aliphatic carbocycles. The van der Waals surface area contributed by atoms with Crippen molar-refractivity contribution < 1.29 is 9.53 Å². The van der Waals surface area contributed by atoms with Crippen LogP contribution < -0.4 is 10.2 Å². The number of nitrogens with one attached hydrogen (secondary N) is 1. The van der Waals surface area contributed by atoms with Gasteiger partial charge in [0.1, 0.15) is 5.82 Å². The number of morpholine rings is 1. The molecule has 186 valence electrons. The number of carbonyl (C=O) groups excluding carboxylic acids is 1. The van der Waals surface area contributed by atoms with Gasteiger partial charge in [-0.3, -0.25) is 4.79 Å². The summed E-state index contributed by atoms with van der Waals surface area (Å²) in [6.45, 7) is 6.10. The van der Waals surface area contributed by atoms with Gasteiger partial charge in [0.15, 0.2) is 10.8 Å². The molecule has 1 aliphatic rings. The Balaban J connectivity index is 1.28. The van der Waals surface area contributed by atoms with Gasteiger partial charge in [-0.05, 0) is 29.7 Å². The van der Waals surface area contributed by atoms with Crippen LogP contribution in [0.15, 0.2) is 66.0 Å². The van der Waals surface area contributed by atoms with Crippen LogP contribution in [0.3, 0.4) is 0 Å². The van der Waals surface area contributed by atoms with E-state index in [1.165, 1.54) is 0 Å². The standard InChI is InChI=1S/C27H30N6O2S/c1-2-18-36-27-30-24(32-14-16-35-17-15-32)23-19-29-33(25(23)31-27)13-12-28-26(34)22-10-8-21(9-11-22)20-6-4-3-5-7-20/h3-11,19H,2,12-18H2,1H3,(H,28,34). The van der Waals surface area contributed by atoms with Gasteiger partial charge in [-0.1, -0.05) is 61.2 Å². The van der Waals surface area contributed by atoms with Gasteiger partial charge < -0.3 is 15.0 Å². The number of rotatable bonds is 9. The molecule has 0 saturated carbocycles. The highest BCUT2D eigenvalue weighted by atomic mass is 32.2. The highest BCUT2D eigenvalue weighted by Gasteiger charge is 2.20. The Hall–Kier alpha value is -3.43. The summed E-state index contributed by atoms with van der Waals surface area (Å²) < 4.78 is 7.38. The van der Waals surface area contributed by atoms with E-state index < -0.39 is 0 Å². The maximum absolute atomic E-state index is 12.7. The zero-order chi connectivity index (χ0) is 24.7. The third kappa shape index (κ3) is 5.52. The van der Waals surface area contributed by atoms with Crippen LogP contribution in [0.25, 0.3) is 22.2 Å². The summed E-state index contributed by atoms with van der Waals surface area (Å²) in [5.74, 6) is 1.77. The minimum Gasteiger partial charge on any atom is -0.378 e. The van der Waals surface area contributed by atoms with Crippen LogP contribution in [0.1, 0.15) is 23.7 Å². The number of ether oxygens (including phenoxy) is 1. The molecular formula is C27H30N6O2S. The summed E-state index contributed by atoms with van der Waals surface area (Å²) in [6, 6.07) is 17.8. The number of aromatic nitrogens is 4. The fourth-order valence-corrected chi connectivity index (χ4v) is 4.87. The molecule has 1 aliphatic heterocycles. The molecule has 2 aromatic heterocycles. The van der Waals surface area contributed by atoms with Crippen LogP contribution in [0.2, 0.25) is 0 Å². The number of anilines is 1. The number of carbonyl (C=O) groups is 1. The highest BCUT2D eigenvalue weighted by molar-refractivity contribution is 7.99. The number of hydrogen-bond acceptors (Lipinski definition) is 7. The first kappa shape index (κ1) is 24.3. The fourth-order valence-electron chi connectivity index (χ4n) is 4.18. The lowest BCUT2D eigenvalue weighted by molar-refractivity contribution is 0.0952. The molecule has 4 aromatic rings. The monoisotopic (exact) mass is 502 g/mol. The van der Waals surface area contributed by atoms with Crippen molar-refractivity contribution in [1.82, 2.24) is 25.1 Å². The van der Waals surface area contributed by atoms with Crippen molar-refractivity contribution in [3.63, 3.8) is 0 Å². The second-order valence-corrected chi connectivity index (χ2v) is 9.64. The number of hydrogen-bond donors (Lipinski definition) is 1. The molecule has 0 atom stereocenters. The van der Waals surface area contributed by atoms with Gasteiger partial charge in [-0.15, -0.1) is 0 Å². The first-order valence-corrected chi connectivity index (χ1v) is 13.3. The predicted octanol–water partition coefficient (Wildman–Crippen LogP) is 4.26. The number of fused-ring (bicyclic) bond motifs is 1. The van der Waals surface area contributed by atoms with Crippen molar-refractivity contribution in [3.05, 3.63) is 66.4 Å². The van der Waals surface area contributed by atoms with E-state index in [0.717, 1.165) is 58.4 Å². The first-order valence-electron chi connectivity index (χ1n) is 12.4. The van der Waals surface area contributed by atoms with Crippen LogP contribution in [0.5, 0.6) is 0 Å². The van der Waals surface area contributed by atoms with Gasteiger partial charge >= 0.3 is 0 Å². The molecule has 0 bridgehead atoms. The summed E-state index contributed by atoms with van der Waals surface area (Å²) in [6.07, 6.45) is 2.88. The number of benzene rings is 2. The Morgan fingerprint density at radius 2 is 1.78 bits per heavy atom. The van der Waals surface area contributed by atoms with Crippen molar-refractivity contribution in [2.24, 2.45) is 0 Å².